The number of rotatable bonds is 4. The van der Waals surface area contributed by atoms with Gasteiger partial charge in [0.25, 0.3) is 0 Å². The number of hydrogen-bond donors (Lipinski definition) is 1. The standard InChI is InChI=1S/C15H10F5N/c1-8(9-5-3-2-4-6-9)7-21-15-13(19)11(17)10(16)12(18)14(15)20/h2-6,21H,1,7H2. The Balaban J connectivity index is 2.23. The summed E-state index contributed by atoms with van der Waals surface area (Å²) in [6.07, 6.45) is 0. The largest absolute Gasteiger partial charge is 0.376 e. The minimum Gasteiger partial charge on any atom is -0.376 e. The molecule has 0 aliphatic heterocycles. The maximum Gasteiger partial charge on any atom is 0.200 e. The molecule has 0 saturated carbocycles. The van der Waals surface area contributed by atoms with Crippen LogP contribution in [0.25, 0.3) is 5.57 Å². The van der Waals surface area contributed by atoms with Gasteiger partial charge in [-0.1, -0.05) is 36.9 Å². The molecular weight excluding hydrogens is 289 g/mol. The second-order valence-electron chi connectivity index (χ2n) is 4.27. The molecule has 0 fully saturated rings. The molecule has 2 aromatic rings. The van der Waals surface area contributed by atoms with Crippen LogP contribution in [0.15, 0.2) is 36.9 Å². The fourth-order valence-electron chi connectivity index (χ4n) is 1.73. The molecule has 0 aromatic heterocycles. The summed E-state index contributed by atoms with van der Waals surface area (Å²) in [6.45, 7) is 3.53. The first-order valence-corrected chi connectivity index (χ1v) is 5.92. The number of anilines is 1. The Morgan fingerprint density at radius 3 is 1.81 bits per heavy atom. The van der Waals surface area contributed by atoms with Gasteiger partial charge in [0, 0.05) is 6.54 Å². The molecule has 0 heterocycles. The number of benzene rings is 2. The lowest BCUT2D eigenvalue weighted by molar-refractivity contribution is 0.381. The monoisotopic (exact) mass is 299 g/mol. The summed E-state index contributed by atoms with van der Waals surface area (Å²) in [6, 6.07) is 8.66. The topological polar surface area (TPSA) is 12.0 Å². The maximum atomic E-state index is 13.4. The van der Waals surface area contributed by atoms with Crippen LogP contribution in [0, 0.1) is 29.1 Å². The zero-order chi connectivity index (χ0) is 15.6. The van der Waals surface area contributed by atoms with Crippen molar-refractivity contribution < 1.29 is 22.0 Å². The molecule has 0 aliphatic carbocycles. The van der Waals surface area contributed by atoms with E-state index in [0.29, 0.717) is 11.1 Å². The molecule has 0 amide bonds. The molecule has 1 nitrogen and oxygen atoms in total. The predicted octanol–water partition coefficient (Wildman–Crippen LogP) is 4.51. The summed E-state index contributed by atoms with van der Waals surface area (Å²) in [5.74, 6) is -9.94. The molecule has 0 bridgehead atoms. The van der Waals surface area contributed by atoms with Gasteiger partial charge in [0.2, 0.25) is 5.82 Å². The SMILES string of the molecule is C=C(CNc1c(F)c(F)c(F)c(F)c1F)c1ccccc1. The van der Waals surface area contributed by atoms with E-state index >= 15 is 0 Å². The molecule has 0 atom stereocenters. The van der Waals surface area contributed by atoms with E-state index < -0.39 is 34.8 Å². The molecule has 0 saturated heterocycles. The van der Waals surface area contributed by atoms with Crippen LogP contribution in [-0.4, -0.2) is 6.54 Å². The summed E-state index contributed by atoms with van der Waals surface area (Å²) in [4.78, 5) is 0. The van der Waals surface area contributed by atoms with Crippen LogP contribution < -0.4 is 5.32 Å². The molecular formula is C15H10F5N. The molecule has 2 rings (SSSR count). The van der Waals surface area contributed by atoms with Crippen LogP contribution in [0.4, 0.5) is 27.6 Å². The highest BCUT2D eigenvalue weighted by atomic mass is 19.2. The summed E-state index contributed by atoms with van der Waals surface area (Å²) < 4.78 is 65.8. The molecule has 0 aliphatic rings. The average molecular weight is 299 g/mol. The van der Waals surface area contributed by atoms with Crippen molar-refractivity contribution in [3.8, 4) is 0 Å². The van der Waals surface area contributed by atoms with Gasteiger partial charge >= 0.3 is 0 Å². The summed E-state index contributed by atoms with van der Waals surface area (Å²) in [5.41, 5.74) is 0.0666. The normalized spacial score (nSPS) is 10.5. The fourth-order valence-corrected chi connectivity index (χ4v) is 1.73. The van der Waals surface area contributed by atoms with Crippen molar-refractivity contribution in [2.75, 3.05) is 11.9 Å². The lowest BCUT2D eigenvalue weighted by atomic mass is 10.1. The first-order valence-electron chi connectivity index (χ1n) is 5.92. The Morgan fingerprint density at radius 1 is 0.810 bits per heavy atom. The summed E-state index contributed by atoms with van der Waals surface area (Å²) in [7, 11) is 0. The van der Waals surface area contributed by atoms with Gasteiger partial charge in [0.05, 0.1) is 0 Å². The number of nitrogens with one attached hydrogen (secondary N) is 1. The third-order valence-corrected chi connectivity index (χ3v) is 2.87. The molecule has 2 aromatic carbocycles. The van der Waals surface area contributed by atoms with Crippen LogP contribution in [0.1, 0.15) is 5.56 Å². The quantitative estimate of drug-likeness (QED) is 0.497. The lowest BCUT2D eigenvalue weighted by Crippen LogP contribution is -2.11. The smallest absolute Gasteiger partial charge is 0.200 e. The first-order chi connectivity index (χ1) is 9.93. The second kappa shape index (κ2) is 5.95. The lowest BCUT2D eigenvalue weighted by Gasteiger charge is -2.12. The highest BCUT2D eigenvalue weighted by Gasteiger charge is 2.25. The van der Waals surface area contributed by atoms with Gasteiger partial charge in [0.1, 0.15) is 5.69 Å². The third kappa shape index (κ3) is 2.89. The van der Waals surface area contributed by atoms with E-state index in [1.165, 1.54) is 0 Å². The van der Waals surface area contributed by atoms with E-state index in [0.717, 1.165) is 0 Å². The van der Waals surface area contributed by atoms with Gasteiger partial charge in [0.15, 0.2) is 23.3 Å². The van der Waals surface area contributed by atoms with Crippen molar-refractivity contribution in [3.05, 3.63) is 71.6 Å². The maximum absolute atomic E-state index is 13.4. The van der Waals surface area contributed by atoms with Crippen LogP contribution >= 0.6 is 0 Å². The molecule has 0 radical (unpaired) electrons. The zero-order valence-corrected chi connectivity index (χ0v) is 10.7. The number of halogens is 5. The highest BCUT2D eigenvalue weighted by molar-refractivity contribution is 5.67. The Labute approximate surface area is 117 Å². The van der Waals surface area contributed by atoms with Crippen molar-refractivity contribution in [2.45, 2.75) is 0 Å². The van der Waals surface area contributed by atoms with E-state index in [9.17, 15) is 22.0 Å². The Bertz CT molecular complexity index is 653. The van der Waals surface area contributed by atoms with Crippen LogP contribution in [0.2, 0.25) is 0 Å². The zero-order valence-electron chi connectivity index (χ0n) is 10.7. The van der Waals surface area contributed by atoms with Gasteiger partial charge in [-0.15, -0.1) is 0 Å². The number of hydrogen-bond acceptors (Lipinski definition) is 1. The van der Waals surface area contributed by atoms with Gasteiger partial charge in [-0.05, 0) is 11.1 Å². The van der Waals surface area contributed by atoms with Crippen LogP contribution in [0.3, 0.4) is 0 Å². The third-order valence-electron chi connectivity index (χ3n) is 2.87. The van der Waals surface area contributed by atoms with Crippen molar-refractivity contribution in [1.82, 2.24) is 0 Å². The van der Waals surface area contributed by atoms with Crippen LogP contribution in [0.5, 0.6) is 0 Å². The first kappa shape index (κ1) is 15.0. The molecule has 21 heavy (non-hydrogen) atoms. The van der Waals surface area contributed by atoms with Crippen LogP contribution in [-0.2, 0) is 0 Å². The molecule has 0 unspecified atom stereocenters. The second-order valence-corrected chi connectivity index (χ2v) is 4.27. The summed E-state index contributed by atoms with van der Waals surface area (Å²) >= 11 is 0. The van der Waals surface area contributed by atoms with Gasteiger partial charge < -0.3 is 5.32 Å². The fraction of sp³-hybridized carbons (Fsp3) is 0.0667. The van der Waals surface area contributed by atoms with Gasteiger partial charge in [-0.25, -0.2) is 22.0 Å². The van der Waals surface area contributed by atoms with Gasteiger partial charge in [-0.2, -0.15) is 0 Å². The van der Waals surface area contributed by atoms with E-state index in [1.54, 1.807) is 30.3 Å². The van der Waals surface area contributed by atoms with E-state index in [2.05, 4.69) is 11.9 Å². The van der Waals surface area contributed by atoms with E-state index in [4.69, 9.17) is 0 Å². The molecule has 0 spiro atoms. The predicted molar refractivity (Wildman–Crippen MR) is 70.2 cm³/mol. The molecule has 1 N–H and O–H groups in total. The van der Waals surface area contributed by atoms with Crippen molar-refractivity contribution in [2.24, 2.45) is 0 Å². The molecule has 110 valence electrons. The minimum atomic E-state index is -2.18. The Morgan fingerprint density at radius 2 is 1.29 bits per heavy atom. The average Bonchev–Trinajstić information content (AvgIpc) is 2.51. The van der Waals surface area contributed by atoms with Crippen molar-refractivity contribution in [1.29, 1.82) is 0 Å². The summed E-state index contributed by atoms with van der Waals surface area (Å²) in [5, 5.41) is 2.19. The van der Waals surface area contributed by atoms with E-state index in [1.807, 2.05) is 0 Å². The van der Waals surface area contributed by atoms with Gasteiger partial charge in [-0.3, -0.25) is 0 Å². The van der Waals surface area contributed by atoms with Crippen molar-refractivity contribution >= 4 is 11.3 Å². The van der Waals surface area contributed by atoms with E-state index in [-0.39, 0.29) is 6.54 Å². The minimum absolute atomic E-state index is 0.164. The Hall–Kier alpha value is -2.37. The molecule has 6 heteroatoms. The highest BCUT2D eigenvalue weighted by Crippen LogP contribution is 2.27. The Kier molecular flexibility index (Phi) is 4.26. The van der Waals surface area contributed by atoms with Crippen molar-refractivity contribution in [3.63, 3.8) is 0 Å².